The minimum absolute atomic E-state index is 0.440. The third kappa shape index (κ3) is 2.69. The summed E-state index contributed by atoms with van der Waals surface area (Å²) < 4.78 is 0.988. The van der Waals surface area contributed by atoms with Crippen molar-refractivity contribution < 1.29 is 0 Å². The van der Waals surface area contributed by atoms with Gasteiger partial charge in [0, 0.05) is 28.3 Å². The van der Waals surface area contributed by atoms with Crippen molar-refractivity contribution in [1.82, 2.24) is 0 Å². The van der Waals surface area contributed by atoms with Crippen LogP contribution in [0, 0.1) is 5.92 Å². The first kappa shape index (κ1) is 13.8. The number of anilines is 1. The average molecular weight is 327 g/mol. The minimum atomic E-state index is 0.440. The first-order valence-corrected chi connectivity index (χ1v) is 7.57. The molecule has 0 amide bonds. The van der Waals surface area contributed by atoms with Crippen LogP contribution in [0.2, 0.25) is 0 Å². The van der Waals surface area contributed by atoms with Gasteiger partial charge in [0.2, 0.25) is 0 Å². The summed E-state index contributed by atoms with van der Waals surface area (Å²) in [6.45, 7) is 5.73. The van der Waals surface area contributed by atoms with Crippen molar-refractivity contribution in [2.75, 3.05) is 11.4 Å². The van der Waals surface area contributed by atoms with Gasteiger partial charge < -0.3 is 10.6 Å². The van der Waals surface area contributed by atoms with Gasteiger partial charge in [-0.2, -0.15) is 0 Å². The Morgan fingerprint density at radius 1 is 1.50 bits per heavy atom. The van der Waals surface area contributed by atoms with Gasteiger partial charge in [-0.05, 0) is 52.9 Å². The number of benzene rings is 1. The second kappa shape index (κ2) is 5.57. The van der Waals surface area contributed by atoms with Crippen LogP contribution < -0.4 is 10.6 Å². The maximum Gasteiger partial charge on any atom is 0.105 e. The van der Waals surface area contributed by atoms with E-state index in [1.165, 1.54) is 18.5 Å². The fourth-order valence-electron chi connectivity index (χ4n) is 2.69. The standard InChI is InChI=1S/C14H19BrN2S/c1-9(2)13-4-3-7-17(13)10-5-6-11(14(16)18)12(15)8-10/h5-6,8-9,13H,3-4,7H2,1-2H3,(H2,16,18). The smallest absolute Gasteiger partial charge is 0.105 e. The maximum atomic E-state index is 5.68. The van der Waals surface area contributed by atoms with E-state index < -0.39 is 0 Å². The van der Waals surface area contributed by atoms with Crippen LogP contribution in [-0.2, 0) is 0 Å². The lowest BCUT2D eigenvalue weighted by atomic mass is 10.0. The van der Waals surface area contributed by atoms with Crippen molar-refractivity contribution in [1.29, 1.82) is 0 Å². The lowest BCUT2D eigenvalue weighted by molar-refractivity contribution is 0.492. The molecule has 0 aromatic heterocycles. The molecule has 1 aromatic carbocycles. The molecular formula is C14H19BrN2S. The van der Waals surface area contributed by atoms with E-state index in [9.17, 15) is 0 Å². The van der Waals surface area contributed by atoms with Gasteiger partial charge >= 0.3 is 0 Å². The molecule has 2 rings (SSSR count). The van der Waals surface area contributed by atoms with E-state index in [1.807, 2.05) is 6.07 Å². The lowest BCUT2D eigenvalue weighted by Gasteiger charge is -2.30. The van der Waals surface area contributed by atoms with Crippen molar-refractivity contribution >= 4 is 38.8 Å². The Labute approximate surface area is 123 Å². The molecule has 1 fully saturated rings. The molecule has 1 saturated heterocycles. The second-order valence-electron chi connectivity index (χ2n) is 5.18. The van der Waals surface area contributed by atoms with Crippen LogP contribution in [0.1, 0.15) is 32.3 Å². The maximum absolute atomic E-state index is 5.68. The fraction of sp³-hybridized carbons (Fsp3) is 0.500. The van der Waals surface area contributed by atoms with Crippen molar-refractivity contribution in [3.63, 3.8) is 0 Å². The van der Waals surface area contributed by atoms with E-state index in [1.54, 1.807) is 0 Å². The zero-order valence-electron chi connectivity index (χ0n) is 10.8. The summed E-state index contributed by atoms with van der Waals surface area (Å²) in [5.41, 5.74) is 7.85. The number of rotatable bonds is 3. The molecule has 4 heteroatoms. The highest BCUT2D eigenvalue weighted by molar-refractivity contribution is 9.10. The van der Waals surface area contributed by atoms with Gasteiger partial charge in [-0.1, -0.05) is 26.1 Å². The van der Waals surface area contributed by atoms with E-state index in [-0.39, 0.29) is 0 Å². The normalized spacial score (nSPS) is 19.6. The molecule has 0 radical (unpaired) electrons. The monoisotopic (exact) mass is 326 g/mol. The highest BCUT2D eigenvalue weighted by atomic mass is 79.9. The zero-order chi connectivity index (χ0) is 13.3. The van der Waals surface area contributed by atoms with Crippen LogP contribution in [0.15, 0.2) is 22.7 Å². The van der Waals surface area contributed by atoms with Gasteiger partial charge in [0.05, 0.1) is 0 Å². The highest BCUT2D eigenvalue weighted by Gasteiger charge is 2.27. The first-order chi connectivity index (χ1) is 8.50. The molecule has 0 spiro atoms. The third-order valence-electron chi connectivity index (χ3n) is 3.62. The van der Waals surface area contributed by atoms with Crippen molar-refractivity contribution in [2.45, 2.75) is 32.7 Å². The molecule has 2 nitrogen and oxygen atoms in total. The molecule has 18 heavy (non-hydrogen) atoms. The summed E-state index contributed by atoms with van der Waals surface area (Å²) in [6.07, 6.45) is 2.56. The Morgan fingerprint density at radius 2 is 2.22 bits per heavy atom. The van der Waals surface area contributed by atoms with E-state index in [4.69, 9.17) is 18.0 Å². The summed E-state index contributed by atoms with van der Waals surface area (Å²) >= 11 is 8.58. The Hall–Kier alpha value is -0.610. The van der Waals surface area contributed by atoms with Gasteiger partial charge in [0.25, 0.3) is 0 Å². The van der Waals surface area contributed by atoms with Crippen LogP contribution >= 0.6 is 28.1 Å². The van der Waals surface area contributed by atoms with Gasteiger partial charge in [0.1, 0.15) is 4.99 Å². The summed E-state index contributed by atoms with van der Waals surface area (Å²) in [7, 11) is 0. The quantitative estimate of drug-likeness (QED) is 0.858. The van der Waals surface area contributed by atoms with Gasteiger partial charge in [-0.15, -0.1) is 0 Å². The number of hydrogen-bond acceptors (Lipinski definition) is 2. The molecule has 1 atom stereocenters. The number of halogens is 1. The first-order valence-electron chi connectivity index (χ1n) is 6.36. The molecule has 1 aliphatic heterocycles. The largest absolute Gasteiger partial charge is 0.389 e. The molecule has 2 N–H and O–H groups in total. The molecule has 1 aliphatic rings. The predicted octanol–water partition coefficient (Wildman–Crippen LogP) is 3.71. The van der Waals surface area contributed by atoms with Gasteiger partial charge in [0.15, 0.2) is 0 Å². The summed E-state index contributed by atoms with van der Waals surface area (Å²) in [5.74, 6) is 0.682. The molecule has 1 unspecified atom stereocenters. The SMILES string of the molecule is CC(C)C1CCCN1c1ccc(C(N)=S)c(Br)c1. The lowest BCUT2D eigenvalue weighted by Crippen LogP contribution is -2.33. The summed E-state index contributed by atoms with van der Waals surface area (Å²) in [4.78, 5) is 2.94. The number of nitrogens with zero attached hydrogens (tertiary/aromatic N) is 1. The van der Waals surface area contributed by atoms with E-state index in [0.717, 1.165) is 16.6 Å². The number of nitrogens with two attached hydrogens (primary N) is 1. The van der Waals surface area contributed by atoms with Crippen LogP contribution in [0.25, 0.3) is 0 Å². The van der Waals surface area contributed by atoms with E-state index in [0.29, 0.717) is 16.9 Å². The second-order valence-corrected chi connectivity index (χ2v) is 6.47. The Kier molecular flexibility index (Phi) is 4.28. The van der Waals surface area contributed by atoms with Crippen molar-refractivity contribution in [3.8, 4) is 0 Å². The Balaban J connectivity index is 2.29. The summed E-state index contributed by atoms with van der Waals surface area (Å²) in [5, 5.41) is 0. The van der Waals surface area contributed by atoms with Crippen molar-refractivity contribution in [2.24, 2.45) is 11.7 Å². The predicted molar refractivity (Wildman–Crippen MR) is 85.2 cm³/mol. The molecule has 98 valence electrons. The van der Waals surface area contributed by atoms with Crippen LogP contribution in [0.4, 0.5) is 5.69 Å². The van der Waals surface area contributed by atoms with Crippen LogP contribution in [0.5, 0.6) is 0 Å². The van der Waals surface area contributed by atoms with E-state index in [2.05, 4.69) is 46.8 Å². The molecule has 0 aliphatic carbocycles. The van der Waals surface area contributed by atoms with E-state index >= 15 is 0 Å². The Bertz CT molecular complexity index is 459. The average Bonchev–Trinajstić information content (AvgIpc) is 2.77. The fourth-order valence-corrected chi connectivity index (χ4v) is 3.58. The van der Waals surface area contributed by atoms with Gasteiger partial charge in [-0.3, -0.25) is 0 Å². The molecular weight excluding hydrogens is 308 g/mol. The molecule has 0 saturated carbocycles. The Morgan fingerprint density at radius 3 is 2.78 bits per heavy atom. The summed E-state index contributed by atoms with van der Waals surface area (Å²) in [6, 6.07) is 6.92. The molecule has 0 bridgehead atoms. The minimum Gasteiger partial charge on any atom is -0.389 e. The molecule has 1 heterocycles. The third-order valence-corrected chi connectivity index (χ3v) is 4.49. The van der Waals surface area contributed by atoms with Crippen LogP contribution in [-0.4, -0.2) is 17.6 Å². The highest BCUT2D eigenvalue weighted by Crippen LogP contribution is 2.32. The molecule has 1 aromatic rings. The van der Waals surface area contributed by atoms with Gasteiger partial charge in [-0.25, -0.2) is 0 Å². The topological polar surface area (TPSA) is 29.3 Å². The number of hydrogen-bond donors (Lipinski definition) is 1. The number of thiocarbonyl (C=S) groups is 1. The van der Waals surface area contributed by atoms with Crippen LogP contribution in [0.3, 0.4) is 0 Å². The zero-order valence-corrected chi connectivity index (χ0v) is 13.2. The van der Waals surface area contributed by atoms with Crippen molar-refractivity contribution in [3.05, 3.63) is 28.2 Å².